The number of aromatic nitrogens is 1. The predicted octanol–water partition coefficient (Wildman–Crippen LogP) is 2.34. The van der Waals surface area contributed by atoms with E-state index in [4.69, 9.17) is 11.6 Å². The van der Waals surface area contributed by atoms with Gasteiger partial charge in [-0.1, -0.05) is 29.8 Å². The number of aliphatic hydroxyl groups is 1. The number of nitrogens with zero attached hydrogens (tertiary/aromatic N) is 1. The second-order valence-corrected chi connectivity index (χ2v) is 4.52. The predicted molar refractivity (Wildman–Crippen MR) is 72.9 cm³/mol. The number of hydrogen-bond donors (Lipinski definition) is 2. The first-order valence-electron chi connectivity index (χ1n) is 5.90. The topological polar surface area (TPSA) is 62.2 Å². The van der Waals surface area contributed by atoms with Crippen LogP contribution in [0.2, 0.25) is 5.02 Å². The summed E-state index contributed by atoms with van der Waals surface area (Å²) in [5.41, 5.74) is 0.666. The summed E-state index contributed by atoms with van der Waals surface area (Å²) in [6.07, 6.45) is 0.272. The van der Waals surface area contributed by atoms with Gasteiger partial charge in [0.05, 0.1) is 6.10 Å². The average molecular weight is 295 g/mol. The van der Waals surface area contributed by atoms with Crippen LogP contribution in [-0.2, 0) is 0 Å². The first-order chi connectivity index (χ1) is 9.58. The maximum Gasteiger partial charge on any atom is 0.251 e. The van der Waals surface area contributed by atoms with Gasteiger partial charge in [0.2, 0.25) is 5.95 Å². The maximum atomic E-state index is 12.9. The van der Waals surface area contributed by atoms with Crippen LogP contribution < -0.4 is 5.32 Å². The number of benzene rings is 1. The Morgan fingerprint density at radius 3 is 2.85 bits per heavy atom. The molecule has 0 spiro atoms. The molecule has 1 aromatic heterocycles. The average Bonchev–Trinajstić information content (AvgIpc) is 2.45. The fourth-order valence-electron chi connectivity index (χ4n) is 1.69. The highest BCUT2D eigenvalue weighted by atomic mass is 35.5. The largest absolute Gasteiger partial charge is 0.387 e. The Labute approximate surface area is 120 Å². The second kappa shape index (κ2) is 6.45. The van der Waals surface area contributed by atoms with Crippen molar-refractivity contribution in [2.45, 2.75) is 6.10 Å². The van der Waals surface area contributed by atoms with Gasteiger partial charge in [0.25, 0.3) is 5.91 Å². The van der Waals surface area contributed by atoms with E-state index in [0.717, 1.165) is 6.07 Å². The summed E-state index contributed by atoms with van der Waals surface area (Å²) in [4.78, 5) is 15.1. The van der Waals surface area contributed by atoms with E-state index >= 15 is 0 Å². The van der Waals surface area contributed by atoms with Gasteiger partial charge in [-0.3, -0.25) is 4.79 Å². The van der Waals surface area contributed by atoms with Crippen molar-refractivity contribution in [1.82, 2.24) is 10.3 Å². The van der Waals surface area contributed by atoms with E-state index in [9.17, 15) is 14.3 Å². The lowest BCUT2D eigenvalue weighted by Gasteiger charge is -2.13. The van der Waals surface area contributed by atoms with Gasteiger partial charge in [-0.25, -0.2) is 4.98 Å². The minimum absolute atomic E-state index is 0.0213. The molecule has 1 unspecified atom stereocenters. The van der Waals surface area contributed by atoms with Gasteiger partial charge < -0.3 is 10.4 Å². The lowest BCUT2D eigenvalue weighted by Crippen LogP contribution is -2.28. The molecule has 0 radical (unpaired) electrons. The van der Waals surface area contributed by atoms with Crippen LogP contribution in [-0.4, -0.2) is 22.5 Å². The summed E-state index contributed by atoms with van der Waals surface area (Å²) in [7, 11) is 0. The number of rotatable bonds is 4. The van der Waals surface area contributed by atoms with Crippen LogP contribution in [0.25, 0.3) is 0 Å². The minimum atomic E-state index is -0.931. The number of amides is 1. The van der Waals surface area contributed by atoms with E-state index in [1.165, 1.54) is 12.3 Å². The molecule has 0 aliphatic rings. The Hall–Kier alpha value is -1.98. The number of carbonyl (C=O) groups excluding carboxylic acids is 1. The van der Waals surface area contributed by atoms with Crippen molar-refractivity contribution >= 4 is 17.5 Å². The van der Waals surface area contributed by atoms with Crippen LogP contribution >= 0.6 is 11.6 Å². The van der Waals surface area contributed by atoms with Crippen molar-refractivity contribution in [3.8, 4) is 0 Å². The van der Waals surface area contributed by atoms with Crippen molar-refractivity contribution in [3.63, 3.8) is 0 Å². The lowest BCUT2D eigenvalue weighted by molar-refractivity contribution is 0.0915. The third-order valence-corrected chi connectivity index (χ3v) is 3.05. The summed E-state index contributed by atoms with van der Waals surface area (Å²) in [5.74, 6) is -1.22. The summed E-state index contributed by atoms with van der Waals surface area (Å²) in [6.45, 7) is -0.0213. The molecule has 0 bridgehead atoms. The first kappa shape index (κ1) is 14.4. The molecule has 1 atom stereocenters. The Kier molecular flexibility index (Phi) is 4.65. The Morgan fingerprint density at radius 2 is 2.15 bits per heavy atom. The SMILES string of the molecule is O=C(NCC(O)c1ccccc1Cl)c1ccnc(F)c1. The normalized spacial score (nSPS) is 11.9. The third kappa shape index (κ3) is 3.53. The molecule has 2 rings (SSSR count). The number of halogens is 2. The Balaban J connectivity index is 1.99. The van der Waals surface area contributed by atoms with E-state index in [1.807, 2.05) is 0 Å². The van der Waals surface area contributed by atoms with Crippen molar-refractivity contribution in [2.24, 2.45) is 0 Å². The molecule has 0 fully saturated rings. The fraction of sp³-hybridized carbons (Fsp3) is 0.143. The molecule has 4 nitrogen and oxygen atoms in total. The van der Waals surface area contributed by atoms with Gasteiger partial charge in [0.1, 0.15) is 0 Å². The van der Waals surface area contributed by atoms with E-state index in [-0.39, 0.29) is 12.1 Å². The second-order valence-electron chi connectivity index (χ2n) is 4.11. The summed E-state index contributed by atoms with van der Waals surface area (Å²) in [5, 5.41) is 12.9. The minimum Gasteiger partial charge on any atom is -0.387 e. The van der Waals surface area contributed by atoms with Gasteiger partial charge in [0.15, 0.2) is 0 Å². The molecule has 1 amide bonds. The summed E-state index contributed by atoms with van der Waals surface area (Å²) < 4.78 is 12.9. The molecule has 1 aromatic carbocycles. The number of carbonyl (C=O) groups is 1. The molecule has 6 heteroatoms. The lowest BCUT2D eigenvalue weighted by atomic mass is 10.1. The number of pyridine rings is 1. The molecule has 0 saturated carbocycles. The van der Waals surface area contributed by atoms with Gasteiger partial charge in [-0.2, -0.15) is 4.39 Å². The number of hydrogen-bond acceptors (Lipinski definition) is 3. The molecule has 2 N–H and O–H groups in total. The van der Waals surface area contributed by atoms with E-state index in [0.29, 0.717) is 10.6 Å². The smallest absolute Gasteiger partial charge is 0.251 e. The van der Waals surface area contributed by atoms with Crippen LogP contribution in [0.5, 0.6) is 0 Å². The van der Waals surface area contributed by atoms with Gasteiger partial charge in [0, 0.05) is 35.0 Å². The zero-order chi connectivity index (χ0) is 14.5. The highest BCUT2D eigenvalue weighted by Gasteiger charge is 2.13. The van der Waals surface area contributed by atoms with E-state index in [2.05, 4.69) is 10.3 Å². The summed E-state index contributed by atoms with van der Waals surface area (Å²) in [6, 6.07) is 9.23. The van der Waals surface area contributed by atoms with Crippen LogP contribution in [0.4, 0.5) is 4.39 Å². The highest BCUT2D eigenvalue weighted by Crippen LogP contribution is 2.21. The standard InChI is InChI=1S/C14H12ClFN2O2/c15-11-4-2-1-3-10(11)12(19)8-18-14(20)9-5-6-17-13(16)7-9/h1-7,12,19H,8H2,(H,18,20). The van der Waals surface area contributed by atoms with Gasteiger partial charge >= 0.3 is 0 Å². The molecule has 20 heavy (non-hydrogen) atoms. The van der Waals surface area contributed by atoms with Crippen LogP contribution in [0, 0.1) is 5.95 Å². The Bertz CT molecular complexity index is 622. The van der Waals surface area contributed by atoms with Crippen molar-refractivity contribution in [2.75, 3.05) is 6.54 Å². The third-order valence-electron chi connectivity index (χ3n) is 2.71. The van der Waals surface area contributed by atoms with Crippen LogP contribution in [0.3, 0.4) is 0 Å². The van der Waals surface area contributed by atoms with Gasteiger partial charge in [-0.05, 0) is 12.1 Å². The summed E-state index contributed by atoms with van der Waals surface area (Å²) >= 11 is 5.94. The fourth-order valence-corrected chi connectivity index (χ4v) is 1.95. The highest BCUT2D eigenvalue weighted by molar-refractivity contribution is 6.31. The monoisotopic (exact) mass is 294 g/mol. The number of aliphatic hydroxyl groups excluding tert-OH is 1. The molecule has 104 valence electrons. The zero-order valence-corrected chi connectivity index (χ0v) is 11.1. The Morgan fingerprint density at radius 1 is 1.40 bits per heavy atom. The quantitative estimate of drug-likeness (QED) is 0.851. The molecule has 2 aromatic rings. The number of nitrogens with one attached hydrogen (secondary N) is 1. The van der Waals surface area contributed by atoms with Crippen molar-refractivity contribution < 1.29 is 14.3 Å². The van der Waals surface area contributed by atoms with Crippen LogP contribution in [0.1, 0.15) is 22.0 Å². The van der Waals surface area contributed by atoms with Crippen molar-refractivity contribution in [3.05, 3.63) is 64.7 Å². The molecular formula is C14H12ClFN2O2. The molecule has 1 heterocycles. The van der Waals surface area contributed by atoms with Crippen LogP contribution in [0.15, 0.2) is 42.6 Å². The molecule has 0 aliphatic heterocycles. The molecule has 0 saturated heterocycles. The maximum absolute atomic E-state index is 12.9. The van der Waals surface area contributed by atoms with E-state index in [1.54, 1.807) is 24.3 Å². The van der Waals surface area contributed by atoms with Crippen molar-refractivity contribution in [1.29, 1.82) is 0 Å². The zero-order valence-electron chi connectivity index (χ0n) is 10.4. The first-order valence-corrected chi connectivity index (χ1v) is 6.28. The van der Waals surface area contributed by atoms with Gasteiger partial charge in [-0.15, -0.1) is 0 Å². The molecular weight excluding hydrogens is 283 g/mol. The van der Waals surface area contributed by atoms with E-state index < -0.39 is 18.0 Å². The molecule has 0 aliphatic carbocycles.